The molecule has 1 aliphatic carbocycles. The van der Waals surface area contributed by atoms with Crippen LogP contribution in [-0.4, -0.2) is 60.4 Å². The van der Waals surface area contributed by atoms with Gasteiger partial charge in [-0.15, -0.1) is 0 Å². The number of carbonyl (C=O) groups is 2. The Kier molecular flexibility index (Phi) is 5.25. The molecule has 5 heteroatoms. The summed E-state index contributed by atoms with van der Waals surface area (Å²) in [5.41, 5.74) is 5.50. The topological polar surface area (TPSA) is 43.9 Å². The van der Waals surface area contributed by atoms with Crippen LogP contribution in [0.5, 0.6) is 0 Å². The molecule has 0 radical (unpaired) electrons. The molecular formula is C28H33N3O2. The van der Waals surface area contributed by atoms with E-state index < -0.39 is 0 Å². The molecule has 1 atom stereocenters. The van der Waals surface area contributed by atoms with Crippen molar-refractivity contribution in [3.05, 3.63) is 65.2 Å². The molecule has 4 aliphatic rings. The van der Waals surface area contributed by atoms with Gasteiger partial charge < -0.3 is 9.80 Å². The first-order valence-electron chi connectivity index (χ1n) is 12.6. The Balaban J connectivity index is 1.10. The standard InChI is InChI=1S/C28H33N3O2/c32-26(31-24-9-4-2-7-22(24)20-25(31)27(33)30-15-5-16-30)11-17-29-18-13-28(14-19-29)12-10-21-6-1-3-8-23(21)28/h1-4,6-9,25H,5,10-20H2/t25-/m0/s1. The molecule has 0 aromatic heterocycles. The molecule has 0 N–H and O–H groups in total. The van der Waals surface area contributed by atoms with Crippen LogP contribution in [0.3, 0.4) is 0 Å². The van der Waals surface area contributed by atoms with E-state index in [4.69, 9.17) is 0 Å². The van der Waals surface area contributed by atoms with Crippen molar-refractivity contribution >= 4 is 17.5 Å². The molecule has 2 amide bonds. The van der Waals surface area contributed by atoms with E-state index >= 15 is 0 Å². The van der Waals surface area contributed by atoms with Crippen LogP contribution in [0.2, 0.25) is 0 Å². The number of fused-ring (bicyclic) bond motifs is 3. The summed E-state index contributed by atoms with van der Waals surface area (Å²) in [6.45, 7) is 4.53. The van der Waals surface area contributed by atoms with E-state index in [2.05, 4.69) is 35.2 Å². The lowest BCUT2D eigenvalue weighted by molar-refractivity contribution is -0.137. The van der Waals surface area contributed by atoms with Gasteiger partial charge in [-0.2, -0.15) is 0 Å². The van der Waals surface area contributed by atoms with E-state index in [1.54, 1.807) is 5.56 Å². The summed E-state index contributed by atoms with van der Waals surface area (Å²) in [4.78, 5) is 32.7. The number of hydrogen-bond acceptors (Lipinski definition) is 3. The highest BCUT2D eigenvalue weighted by molar-refractivity contribution is 6.03. The predicted octanol–water partition coefficient (Wildman–Crippen LogP) is 3.55. The first-order valence-corrected chi connectivity index (χ1v) is 12.6. The number of hydrogen-bond donors (Lipinski definition) is 0. The van der Waals surface area contributed by atoms with Gasteiger partial charge in [0, 0.05) is 38.2 Å². The number of benzene rings is 2. The zero-order valence-corrected chi connectivity index (χ0v) is 19.3. The van der Waals surface area contributed by atoms with Crippen LogP contribution in [0.15, 0.2) is 48.5 Å². The van der Waals surface area contributed by atoms with Crippen LogP contribution in [-0.2, 0) is 27.8 Å². The summed E-state index contributed by atoms with van der Waals surface area (Å²) in [5.74, 6) is 0.205. The van der Waals surface area contributed by atoms with Crippen LogP contribution < -0.4 is 4.90 Å². The number of aryl methyl sites for hydroxylation is 1. The Labute approximate surface area is 196 Å². The molecule has 2 saturated heterocycles. The summed E-state index contributed by atoms with van der Waals surface area (Å²) < 4.78 is 0. The Morgan fingerprint density at radius 2 is 1.61 bits per heavy atom. The monoisotopic (exact) mass is 443 g/mol. The minimum atomic E-state index is -0.366. The fourth-order valence-corrected chi connectivity index (χ4v) is 6.50. The van der Waals surface area contributed by atoms with Gasteiger partial charge in [0.1, 0.15) is 6.04 Å². The van der Waals surface area contributed by atoms with Crippen molar-refractivity contribution in [3.8, 4) is 0 Å². The molecule has 2 aromatic carbocycles. The third-order valence-corrected chi connectivity index (χ3v) is 8.61. The van der Waals surface area contributed by atoms with E-state index in [0.29, 0.717) is 18.3 Å². The summed E-state index contributed by atoms with van der Waals surface area (Å²) in [6.07, 6.45) is 7.02. The molecule has 0 bridgehead atoms. The van der Waals surface area contributed by atoms with E-state index in [1.165, 1.54) is 31.2 Å². The van der Waals surface area contributed by atoms with Crippen molar-refractivity contribution in [3.63, 3.8) is 0 Å². The first kappa shape index (κ1) is 20.9. The average molecular weight is 444 g/mol. The van der Waals surface area contributed by atoms with Crippen molar-refractivity contribution in [1.82, 2.24) is 9.80 Å². The molecule has 3 aliphatic heterocycles. The maximum atomic E-state index is 13.4. The molecule has 2 fully saturated rings. The normalized spacial score (nSPS) is 23.3. The molecule has 2 aromatic rings. The average Bonchev–Trinajstić information content (AvgIpc) is 3.37. The molecule has 1 spiro atoms. The Morgan fingerprint density at radius 3 is 2.36 bits per heavy atom. The predicted molar refractivity (Wildman–Crippen MR) is 129 cm³/mol. The van der Waals surface area contributed by atoms with Gasteiger partial charge in [0.05, 0.1) is 0 Å². The van der Waals surface area contributed by atoms with Gasteiger partial charge in [-0.3, -0.25) is 14.5 Å². The van der Waals surface area contributed by atoms with Gasteiger partial charge in [0.25, 0.3) is 0 Å². The highest BCUT2D eigenvalue weighted by atomic mass is 16.2. The number of likely N-dealkylation sites (tertiary alicyclic amines) is 2. The fraction of sp³-hybridized carbons (Fsp3) is 0.500. The van der Waals surface area contributed by atoms with Crippen LogP contribution >= 0.6 is 0 Å². The largest absolute Gasteiger partial charge is 0.341 e. The van der Waals surface area contributed by atoms with Crippen LogP contribution in [0.1, 0.15) is 48.8 Å². The number of para-hydroxylation sites is 1. The van der Waals surface area contributed by atoms with Gasteiger partial charge >= 0.3 is 0 Å². The molecule has 172 valence electrons. The van der Waals surface area contributed by atoms with Crippen molar-refractivity contribution in [2.24, 2.45) is 0 Å². The third kappa shape index (κ3) is 3.57. The van der Waals surface area contributed by atoms with Crippen LogP contribution in [0, 0.1) is 0 Å². The highest BCUT2D eigenvalue weighted by Gasteiger charge is 2.42. The molecule has 3 heterocycles. The number of anilines is 1. The first-order chi connectivity index (χ1) is 16.1. The second-order valence-corrected chi connectivity index (χ2v) is 10.3. The lowest BCUT2D eigenvalue weighted by Crippen LogP contribution is -2.54. The highest BCUT2D eigenvalue weighted by Crippen LogP contribution is 2.46. The number of nitrogens with zero attached hydrogens (tertiary/aromatic N) is 3. The Morgan fingerprint density at radius 1 is 0.879 bits per heavy atom. The molecular weight excluding hydrogens is 410 g/mol. The summed E-state index contributed by atoms with van der Waals surface area (Å²) in [7, 11) is 0. The molecule has 0 saturated carbocycles. The fourth-order valence-electron chi connectivity index (χ4n) is 6.50. The van der Waals surface area contributed by atoms with E-state index in [9.17, 15) is 9.59 Å². The van der Waals surface area contributed by atoms with Gasteiger partial charge in [0.2, 0.25) is 11.8 Å². The minimum Gasteiger partial charge on any atom is -0.341 e. The van der Waals surface area contributed by atoms with E-state index in [1.807, 2.05) is 28.0 Å². The van der Waals surface area contributed by atoms with Gasteiger partial charge in [-0.1, -0.05) is 42.5 Å². The van der Waals surface area contributed by atoms with E-state index in [-0.39, 0.29) is 17.9 Å². The van der Waals surface area contributed by atoms with Crippen LogP contribution in [0.25, 0.3) is 0 Å². The zero-order valence-electron chi connectivity index (χ0n) is 19.3. The quantitative estimate of drug-likeness (QED) is 0.726. The van der Waals surface area contributed by atoms with Gasteiger partial charge in [0.15, 0.2) is 0 Å². The molecule has 6 rings (SSSR count). The maximum absolute atomic E-state index is 13.4. The van der Waals surface area contributed by atoms with Crippen LogP contribution in [0.4, 0.5) is 5.69 Å². The zero-order chi connectivity index (χ0) is 22.4. The van der Waals surface area contributed by atoms with Crippen molar-refractivity contribution < 1.29 is 9.59 Å². The maximum Gasteiger partial charge on any atom is 0.246 e. The van der Waals surface area contributed by atoms with E-state index in [0.717, 1.165) is 50.4 Å². The Hall–Kier alpha value is -2.66. The SMILES string of the molecule is O=C([C@@H]1Cc2ccccc2N1C(=O)CCN1CCC2(CCc3ccccc32)CC1)N1CCC1. The lowest BCUT2D eigenvalue weighted by Gasteiger charge is -2.40. The number of piperidine rings is 1. The summed E-state index contributed by atoms with van der Waals surface area (Å²) in [6, 6.07) is 16.6. The minimum absolute atomic E-state index is 0.0883. The molecule has 33 heavy (non-hydrogen) atoms. The summed E-state index contributed by atoms with van der Waals surface area (Å²) in [5, 5.41) is 0. The Bertz CT molecular complexity index is 1070. The second-order valence-electron chi connectivity index (χ2n) is 10.3. The molecule has 5 nitrogen and oxygen atoms in total. The van der Waals surface area contributed by atoms with Gasteiger partial charge in [-0.05, 0) is 73.4 Å². The smallest absolute Gasteiger partial charge is 0.246 e. The van der Waals surface area contributed by atoms with Crippen molar-refractivity contribution in [1.29, 1.82) is 0 Å². The number of amides is 2. The number of carbonyl (C=O) groups excluding carboxylic acids is 2. The van der Waals surface area contributed by atoms with Gasteiger partial charge in [-0.25, -0.2) is 0 Å². The second kappa shape index (κ2) is 8.28. The third-order valence-electron chi connectivity index (χ3n) is 8.61. The van der Waals surface area contributed by atoms with Crippen molar-refractivity contribution in [2.45, 2.75) is 56.4 Å². The molecule has 0 unspecified atom stereocenters. The summed E-state index contributed by atoms with van der Waals surface area (Å²) >= 11 is 0. The number of rotatable bonds is 4. The lowest BCUT2D eigenvalue weighted by atomic mass is 9.74. The van der Waals surface area contributed by atoms with Crippen molar-refractivity contribution in [2.75, 3.05) is 37.6 Å².